The molecule has 0 saturated carbocycles. The number of hydrogen-bond donors (Lipinski definition) is 5. The quantitative estimate of drug-likeness (QED) is 0.0213. The Labute approximate surface area is 348 Å². The van der Waals surface area contributed by atoms with Crippen molar-refractivity contribution in [2.45, 2.75) is 19.4 Å². The van der Waals surface area contributed by atoms with Crippen molar-refractivity contribution in [3.8, 4) is 11.5 Å². The van der Waals surface area contributed by atoms with Crippen LogP contribution in [-0.2, 0) is 13.6 Å². The summed E-state index contributed by atoms with van der Waals surface area (Å²) in [4.78, 5) is 31.5. The molecule has 5 aromatic carbocycles. The van der Waals surface area contributed by atoms with Crippen LogP contribution in [0.2, 0.25) is 0 Å². The van der Waals surface area contributed by atoms with Gasteiger partial charge in [-0.2, -0.15) is 10.2 Å². The Kier molecular flexibility index (Phi) is 13.6. The number of nitrogens with one attached hydrogen (secondary N) is 1. The molecule has 0 fully saturated rings. The molecule has 0 bridgehead atoms. The van der Waals surface area contributed by atoms with Crippen LogP contribution < -0.4 is 21.4 Å². The second-order valence-electron chi connectivity index (χ2n) is 14.5. The summed E-state index contributed by atoms with van der Waals surface area (Å²) in [7, 11) is 7.26. The van der Waals surface area contributed by atoms with Crippen molar-refractivity contribution >= 4 is 62.1 Å². The van der Waals surface area contributed by atoms with E-state index in [0.29, 0.717) is 84.5 Å². The molecule has 2 amide bonds. The zero-order valence-electron chi connectivity index (χ0n) is 34.2. The largest absolute Gasteiger partial charge is 0.506 e. The number of fused-ring (bicyclic) bond motifs is 2. The minimum absolute atomic E-state index is 0.0291. The van der Waals surface area contributed by atoms with Crippen molar-refractivity contribution in [2.24, 2.45) is 27.5 Å². The molecule has 310 valence electrons. The Morgan fingerprint density at radius 1 is 0.750 bits per heavy atom. The molecular formula is C44H51N12O4+. The Bertz CT molecular complexity index is 2570. The lowest BCUT2D eigenvalue weighted by atomic mass is 10.1. The predicted octanol–water partition coefficient (Wildman–Crippen LogP) is 6.97. The number of amides is 2. The maximum atomic E-state index is 13.3. The zero-order valence-corrected chi connectivity index (χ0v) is 34.2. The Morgan fingerprint density at radius 2 is 1.27 bits per heavy atom. The first-order chi connectivity index (χ1) is 28.9. The van der Waals surface area contributed by atoms with Crippen LogP contribution in [0, 0.1) is 0 Å². The molecule has 7 N–H and O–H groups in total. The summed E-state index contributed by atoms with van der Waals surface area (Å²) in [6.45, 7) is 2.58. The van der Waals surface area contributed by atoms with E-state index in [9.17, 15) is 19.8 Å². The van der Waals surface area contributed by atoms with Gasteiger partial charge in [0, 0.05) is 103 Å². The van der Waals surface area contributed by atoms with Gasteiger partial charge in [-0.05, 0) is 37.1 Å². The number of aromatic nitrogens is 2. The smallest absolute Gasteiger partial charge is 0.421 e. The highest BCUT2D eigenvalue weighted by atomic mass is 16.3. The van der Waals surface area contributed by atoms with Crippen LogP contribution >= 0.6 is 0 Å². The van der Waals surface area contributed by atoms with E-state index in [0.717, 1.165) is 22.6 Å². The van der Waals surface area contributed by atoms with Crippen molar-refractivity contribution < 1.29 is 24.4 Å². The van der Waals surface area contributed by atoms with E-state index in [2.05, 4.69) is 25.8 Å². The number of carbonyl (C=O) groups is 2. The van der Waals surface area contributed by atoms with Crippen molar-refractivity contribution in [2.75, 3.05) is 58.9 Å². The molecule has 6 aromatic rings. The molecule has 0 aliphatic rings. The lowest BCUT2D eigenvalue weighted by Crippen LogP contribution is -2.30. The van der Waals surface area contributed by atoms with Gasteiger partial charge in [-0.3, -0.25) is 9.59 Å². The maximum Gasteiger partial charge on any atom is 0.421 e. The molecule has 16 nitrogen and oxygen atoms in total. The van der Waals surface area contributed by atoms with E-state index in [1.807, 2.05) is 101 Å². The third-order valence-electron chi connectivity index (χ3n) is 10.1. The van der Waals surface area contributed by atoms with Crippen LogP contribution in [0.4, 0.5) is 28.7 Å². The van der Waals surface area contributed by atoms with E-state index in [1.165, 1.54) is 12.1 Å². The number of nitrogens with zero attached hydrogens (tertiary/aromatic N) is 9. The van der Waals surface area contributed by atoms with Gasteiger partial charge in [-0.25, -0.2) is 9.13 Å². The molecule has 0 saturated heterocycles. The number of nitrogen functional groups attached to an aromatic ring is 2. The molecule has 0 aliphatic carbocycles. The van der Waals surface area contributed by atoms with Gasteiger partial charge >= 0.3 is 5.95 Å². The Balaban J connectivity index is 0.912. The number of aryl methyl sites for hydroxylation is 2. The first-order valence-electron chi connectivity index (χ1n) is 19.5. The van der Waals surface area contributed by atoms with Crippen LogP contribution in [-0.4, -0.2) is 88.7 Å². The number of nitrogens with two attached hydrogens (primary N) is 2. The number of phenolic OH excluding ortho intramolecular Hbond substituents is 2. The number of azo groups is 2. The maximum absolute atomic E-state index is 13.3. The summed E-state index contributed by atoms with van der Waals surface area (Å²) >= 11 is 0. The average Bonchev–Trinajstić information content (AvgIpc) is 3.61. The SMILES string of the molecule is CN(C=CNCCCN(C)C(=O)c1ccc(C(=O)N(C)CCCn2cc[n+](C)c2N=Nc2cc(O)c(N)c3ccccc23)cc1)CN=Nc1cc(O)c(N)c2ccccc12. The van der Waals surface area contributed by atoms with E-state index in [4.69, 9.17) is 11.5 Å². The second-order valence-corrected chi connectivity index (χ2v) is 14.5. The van der Waals surface area contributed by atoms with Crippen LogP contribution in [0.25, 0.3) is 21.5 Å². The van der Waals surface area contributed by atoms with Crippen molar-refractivity contribution in [1.82, 2.24) is 24.6 Å². The molecule has 0 atom stereocenters. The summed E-state index contributed by atoms with van der Waals surface area (Å²) in [6, 6.07) is 24.7. The highest BCUT2D eigenvalue weighted by molar-refractivity contribution is 6.03. The number of imidazole rings is 1. The molecule has 0 aliphatic heterocycles. The predicted molar refractivity (Wildman–Crippen MR) is 234 cm³/mol. The van der Waals surface area contributed by atoms with Crippen molar-refractivity contribution in [3.63, 3.8) is 0 Å². The standard InChI is InChI=1S/C44H50N12O4/c1-52(29-48-49-36-27-38(57)40(45)34-13-7-5-11-32(34)36)24-20-47-19-9-21-53(2)42(59)30-15-17-31(18-16-30)43(60)54(3)22-10-23-56-26-25-55(4)44(56)51-50-37-28-39(58)41(46)35-14-8-6-12-33(35)37/h5-8,11-18,20,24-28,47H,9-10,19,21-23,29H2,1-4H3,(H5,45,46,48,49,50,57,58,59,60)/p+1. The number of benzene rings is 5. The van der Waals surface area contributed by atoms with Gasteiger partial charge < -0.3 is 41.7 Å². The fraction of sp³-hybridized carbons (Fsp3) is 0.250. The second kappa shape index (κ2) is 19.3. The number of aromatic hydroxyl groups is 2. The molecule has 1 heterocycles. The number of carbonyl (C=O) groups excluding carboxylic acids is 2. The van der Waals surface area contributed by atoms with Gasteiger partial charge in [0.15, 0.2) is 0 Å². The lowest BCUT2D eigenvalue weighted by Gasteiger charge is -2.19. The van der Waals surface area contributed by atoms with Gasteiger partial charge in [0.05, 0.1) is 43.0 Å². The first-order valence-corrected chi connectivity index (χ1v) is 19.5. The van der Waals surface area contributed by atoms with Gasteiger partial charge in [-0.15, -0.1) is 0 Å². The molecule has 1 aromatic heterocycles. The fourth-order valence-electron chi connectivity index (χ4n) is 6.63. The molecule has 0 radical (unpaired) electrons. The van der Waals surface area contributed by atoms with Gasteiger partial charge in [-0.1, -0.05) is 53.6 Å². The number of rotatable bonds is 17. The van der Waals surface area contributed by atoms with Crippen LogP contribution in [0.15, 0.2) is 130 Å². The van der Waals surface area contributed by atoms with Gasteiger partial charge in [0.25, 0.3) is 11.8 Å². The van der Waals surface area contributed by atoms with E-state index >= 15 is 0 Å². The summed E-state index contributed by atoms with van der Waals surface area (Å²) in [5.74, 6) is 0.261. The molecule has 60 heavy (non-hydrogen) atoms. The number of anilines is 2. The number of phenols is 2. The average molecular weight is 812 g/mol. The monoisotopic (exact) mass is 811 g/mol. The topological polar surface area (TPSA) is 207 Å². The first kappa shape index (κ1) is 42.1. The molecule has 0 unspecified atom stereocenters. The van der Waals surface area contributed by atoms with Crippen molar-refractivity contribution in [3.05, 3.63) is 121 Å². The van der Waals surface area contributed by atoms with Crippen LogP contribution in [0.3, 0.4) is 0 Å². The van der Waals surface area contributed by atoms with Crippen LogP contribution in [0.1, 0.15) is 33.6 Å². The Morgan fingerprint density at radius 3 is 1.83 bits per heavy atom. The molecule has 6 rings (SSSR count). The minimum atomic E-state index is -0.140. The highest BCUT2D eigenvalue weighted by Gasteiger charge is 2.19. The van der Waals surface area contributed by atoms with Crippen molar-refractivity contribution in [1.29, 1.82) is 0 Å². The van der Waals surface area contributed by atoms with E-state index in [-0.39, 0.29) is 23.3 Å². The highest BCUT2D eigenvalue weighted by Crippen LogP contribution is 2.38. The minimum Gasteiger partial charge on any atom is -0.506 e. The summed E-state index contributed by atoms with van der Waals surface area (Å²) < 4.78 is 3.81. The zero-order chi connectivity index (χ0) is 42.8. The normalized spacial score (nSPS) is 11.7. The van der Waals surface area contributed by atoms with Gasteiger partial charge in [0.2, 0.25) is 0 Å². The van der Waals surface area contributed by atoms with E-state index < -0.39 is 0 Å². The third-order valence-corrected chi connectivity index (χ3v) is 10.1. The lowest BCUT2D eigenvalue weighted by molar-refractivity contribution is -0.657. The Hall–Kier alpha value is -7.49. The molecule has 16 heteroatoms. The van der Waals surface area contributed by atoms with Gasteiger partial charge in [0.1, 0.15) is 23.9 Å². The fourth-order valence-corrected chi connectivity index (χ4v) is 6.63. The summed E-state index contributed by atoms with van der Waals surface area (Å²) in [5.41, 5.74) is 14.7. The molecule has 0 spiro atoms. The third kappa shape index (κ3) is 9.96. The van der Waals surface area contributed by atoms with Crippen LogP contribution in [0.5, 0.6) is 11.5 Å². The number of hydrogen-bond acceptors (Lipinski definition) is 12. The van der Waals surface area contributed by atoms with E-state index in [1.54, 1.807) is 48.2 Å². The summed E-state index contributed by atoms with van der Waals surface area (Å²) in [6.07, 6.45) is 8.84. The summed E-state index contributed by atoms with van der Waals surface area (Å²) in [5, 5.41) is 44.3. The molecular weight excluding hydrogens is 761 g/mol.